The molecule has 0 fully saturated rings. The molecule has 0 radical (unpaired) electrons. The first-order valence-corrected chi connectivity index (χ1v) is 5.11. The van der Waals surface area contributed by atoms with E-state index in [1.165, 1.54) is 5.57 Å². The van der Waals surface area contributed by atoms with Crippen molar-refractivity contribution in [1.82, 2.24) is 0 Å². The molecule has 0 amide bonds. The summed E-state index contributed by atoms with van der Waals surface area (Å²) in [4.78, 5) is 1.13. The van der Waals surface area contributed by atoms with E-state index in [-0.39, 0.29) is 6.61 Å². The monoisotopic (exact) mass is 194 g/mol. The highest BCUT2D eigenvalue weighted by Crippen LogP contribution is 2.24. The highest BCUT2D eigenvalue weighted by molar-refractivity contribution is 8.02. The Hall–Kier alpha value is -0.730. The average Bonchev–Trinajstić information content (AvgIpc) is 2.15. The Kier molecular flexibility index (Phi) is 4.06. The largest absolute Gasteiger partial charge is 0.392 e. The highest BCUT2D eigenvalue weighted by atomic mass is 32.2. The van der Waals surface area contributed by atoms with Gasteiger partial charge < -0.3 is 5.11 Å². The van der Waals surface area contributed by atoms with Gasteiger partial charge in [-0.05, 0) is 30.9 Å². The first kappa shape index (κ1) is 10.4. The fourth-order valence-electron chi connectivity index (χ4n) is 0.931. The molecule has 1 aromatic carbocycles. The molecule has 1 N–H and O–H groups in total. The molecule has 0 saturated heterocycles. The molecule has 1 nitrogen and oxygen atoms in total. The summed E-state index contributed by atoms with van der Waals surface area (Å²) in [5.74, 6) is 0. The predicted molar refractivity (Wildman–Crippen MR) is 57.7 cm³/mol. The van der Waals surface area contributed by atoms with Crippen molar-refractivity contribution in [2.24, 2.45) is 0 Å². The van der Waals surface area contributed by atoms with Crippen molar-refractivity contribution in [1.29, 1.82) is 0 Å². The Labute approximate surface area is 83.5 Å². The minimum atomic E-state index is 0.111. The van der Waals surface area contributed by atoms with Crippen LogP contribution < -0.4 is 0 Å². The number of aliphatic hydroxyl groups excluding tert-OH is 1. The zero-order chi connectivity index (χ0) is 9.68. The number of allylic oxidation sites excluding steroid dienone is 1. The van der Waals surface area contributed by atoms with Crippen molar-refractivity contribution in [3.05, 3.63) is 40.8 Å². The van der Waals surface area contributed by atoms with Crippen LogP contribution in [0.15, 0.2) is 40.1 Å². The molecule has 0 aromatic heterocycles. The molecule has 13 heavy (non-hydrogen) atoms. The van der Waals surface area contributed by atoms with Gasteiger partial charge in [0.05, 0.1) is 6.61 Å². The molecule has 0 saturated carbocycles. The van der Waals surface area contributed by atoms with Gasteiger partial charge in [-0.3, -0.25) is 0 Å². The van der Waals surface area contributed by atoms with Gasteiger partial charge in [0.15, 0.2) is 0 Å². The van der Waals surface area contributed by atoms with E-state index in [2.05, 4.69) is 19.3 Å². The fourth-order valence-corrected chi connectivity index (χ4v) is 1.73. The predicted octanol–water partition coefficient (Wildman–Crippen LogP) is 3.19. The summed E-state index contributed by atoms with van der Waals surface area (Å²) in [6.07, 6.45) is 0. The number of rotatable bonds is 3. The summed E-state index contributed by atoms with van der Waals surface area (Å²) in [5.41, 5.74) is 2.27. The van der Waals surface area contributed by atoms with Gasteiger partial charge in [-0.15, -0.1) is 0 Å². The van der Waals surface area contributed by atoms with E-state index in [1.807, 2.05) is 24.3 Å². The van der Waals surface area contributed by atoms with Crippen molar-refractivity contribution < 1.29 is 5.11 Å². The van der Waals surface area contributed by atoms with Gasteiger partial charge in [0.2, 0.25) is 0 Å². The lowest BCUT2D eigenvalue weighted by Gasteiger charge is -2.03. The molecule has 0 bridgehead atoms. The van der Waals surface area contributed by atoms with Crippen LogP contribution in [0.4, 0.5) is 0 Å². The van der Waals surface area contributed by atoms with Crippen LogP contribution in [0.3, 0.4) is 0 Å². The number of hydrogen-bond donors (Lipinski definition) is 1. The Balaban J connectivity index is 2.81. The Bertz CT molecular complexity index is 301. The van der Waals surface area contributed by atoms with Crippen molar-refractivity contribution in [2.75, 3.05) is 0 Å². The second-order valence-corrected chi connectivity index (χ2v) is 3.99. The molecule has 0 aliphatic rings. The lowest BCUT2D eigenvalue weighted by Crippen LogP contribution is -1.84. The summed E-state index contributed by atoms with van der Waals surface area (Å²) in [7, 11) is 0. The van der Waals surface area contributed by atoms with E-state index in [9.17, 15) is 0 Å². The number of hydrogen-bond acceptors (Lipinski definition) is 2. The van der Waals surface area contributed by atoms with Crippen LogP contribution in [-0.2, 0) is 6.61 Å². The third-order valence-corrected chi connectivity index (χ3v) is 2.81. The Morgan fingerprint density at radius 2 is 2.08 bits per heavy atom. The fraction of sp³-hybridized carbons (Fsp3) is 0.273. The van der Waals surface area contributed by atoms with Crippen LogP contribution in [0.2, 0.25) is 0 Å². The van der Waals surface area contributed by atoms with E-state index >= 15 is 0 Å². The first-order chi connectivity index (χ1) is 6.24. The lowest BCUT2D eigenvalue weighted by molar-refractivity contribution is 0.279. The summed E-state index contributed by atoms with van der Waals surface area (Å²) in [5, 5.41) is 11.1. The molecule has 2 heteroatoms. The van der Waals surface area contributed by atoms with Crippen LogP contribution in [0, 0.1) is 0 Å². The molecular weight excluding hydrogens is 180 g/mol. The molecule has 0 aliphatic carbocycles. The van der Waals surface area contributed by atoms with Crippen molar-refractivity contribution in [3.63, 3.8) is 0 Å². The zero-order valence-electron chi connectivity index (χ0n) is 7.95. The first-order valence-electron chi connectivity index (χ1n) is 4.23. The molecule has 0 atom stereocenters. The molecule has 1 rings (SSSR count). The van der Waals surface area contributed by atoms with Gasteiger partial charge in [0.1, 0.15) is 0 Å². The minimum Gasteiger partial charge on any atom is -0.392 e. The van der Waals surface area contributed by atoms with Crippen LogP contribution in [0.1, 0.15) is 19.4 Å². The molecule has 70 valence electrons. The summed E-state index contributed by atoms with van der Waals surface area (Å²) < 4.78 is 0. The average molecular weight is 194 g/mol. The van der Waals surface area contributed by atoms with E-state index < -0.39 is 0 Å². The van der Waals surface area contributed by atoms with Crippen molar-refractivity contribution in [2.45, 2.75) is 25.3 Å². The summed E-state index contributed by atoms with van der Waals surface area (Å²) >= 11 is 1.66. The lowest BCUT2D eigenvalue weighted by atomic mass is 10.2. The van der Waals surface area contributed by atoms with E-state index in [0.29, 0.717) is 0 Å². The van der Waals surface area contributed by atoms with Crippen LogP contribution in [0.25, 0.3) is 0 Å². The number of benzene rings is 1. The zero-order valence-corrected chi connectivity index (χ0v) is 8.77. The Morgan fingerprint density at radius 1 is 1.38 bits per heavy atom. The molecule has 0 heterocycles. The molecular formula is C11H14OS. The smallest absolute Gasteiger partial charge is 0.0692 e. The number of aliphatic hydroxyl groups is 1. The third-order valence-electron chi connectivity index (χ3n) is 1.56. The van der Waals surface area contributed by atoms with Gasteiger partial charge in [-0.2, -0.15) is 0 Å². The highest BCUT2D eigenvalue weighted by Gasteiger charge is 1.98. The standard InChI is InChI=1S/C11H14OS/c1-9(2)8-13-11-6-4-3-5-10(11)7-12/h3-6,8,12H,7H2,1-2H3. The quantitative estimate of drug-likeness (QED) is 0.746. The topological polar surface area (TPSA) is 20.2 Å². The van der Waals surface area contributed by atoms with E-state index in [1.54, 1.807) is 11.8 Å². The third kappa shape index (κ3) is 3.25. The SMILES string of the molecule is CC(C)=CSc1ccccc1CO. The maximum atomic E-state index is 9.05. The maximum Gasteiger partial charge on any atom is 0.0692 e. The normalized spacial score (nSPS) is 9.77. The van der Waals surface area contributed by atoms with Crippen LogP contribution in [0.5, 0.6) is 0 Å². The second-order valence-electron chi connectivity index (χ2n) is 3.08. The summed E-state index contributed by atoms with van der Waals surface area (Å²) in [6.45, 7) is 4.24. The van der Waals surface area contributed by atoms with Crippen molar-refractivity contribution >= 4 is 11.8 Å². The minimum absolute atomic E-state index is 0.111. The van der Waals surface area contributed by atoms with Gasteiger partial charge in [-0.1, -0.05) is 35.5 Å². The molecule has 0 spiro atoms. The maximum absolute atomic E-state index is 9.05. The van der Waals surface area contributed by atoms with E-state index in [4.69, 9.17) is 5.11 Å². The van der Waals surface area contributed by atoms with Gasteiger partial charge in [-0.25, -0.2) is 0 Å². The van der Waals surface area contributed by atoms with E-state index in [0.717, 1.165) is 10.5 Å². The molecule has 1 aromatic rings. The van der Waals surface area contributed by atoms with Crippen LogP contribution in [-0.4, -0.2) is 5.11 Å². The van der Waals surface area contributed by atoms with Crippen LogP contribution >= 0.6 is 11.8 Å². The van der Waals surface area contributed by atoms with Gasteiger partial charge in [0, 0.05) is 4.90 Å². The summed E-state index contributed by atoms with van der Waals surface area (Å²) in [6, 6.07) is 7.90. The molecule has 0 aliphatic heterocycles. The molecule has 0 unspecified atom stereocenters. The van der Waals surface area contributed by atoms with Gasteiger partial charge >= 0.3 is 0 Å². The van der Waals surface area contributed by atoms with Gasteiger partial charge in [0.25, 0.3) is 0 Å². The Morgan fingerprint density at radius 3 is 2.69 bits per heavy atom. The van der Waals surface area contributed by atoms with Crippen molar-refractivity contribution in [3.8, 4) is 0 Å². The second kappa shape index (κ2) is 5.10. The number of thioether (sulfide) groups is 1.